The number of hydrogen-bond acceptors (Lipinski definition) is 11. The maximum absolute atomic E-state index is 10.5. The van der Waals surface area contributed by atoms with Gasteiger partial charge in [-0.15, -0.1) is 0 Å². The molecule has 2 aliphatic heterocycles. The minimum absolute atomic E-state index is 0.120. The van der Waals surface area contributed by atoms with E-state index in [1.807, 2.05) is 0 Å². The van der Waals surface area contributed by atoms with Crippen LogP contribution in [0, 0.1) is 5.92 Å². The third-order valence-corrected chi connectivity index (χ3v) is 5.04. The molecule has 2 saturated heterocycles. The predicted octanol–water partition coefficient (Wildman–Crippen LogP) is -3.72. The number of ether oxygens (including phenoxy) is 4. The highest BCUT2D eigenvalue weighted by atomic mass is 16.7. The van der Waals surface area contributed by atoms with Crippen molar-refractivity contribution < 1.29 is 54.7 Å². The van der Waals surface area contributed by atoms with Gasteiger partial charge >= 0.3 is 0 Å². The molecule has 0 amide bonds. The minimum Gasteiger partial charge on any atom is -0.396 e. The summed E-state index contributed by atoms with van der Waals surface area (Å²) in [6.45, 7) is 1.95. The van der Waals surface area contributed by atoms with Gasteiger partial charge in [-0.2, -0.15) is 0 Å². The van der Waals surface area contributed by atoms with Crippen molar-refractivity contribution in [3.8, 4) is 0 Å². The molecule has 2 fully saturated rings. The second-order valence-corrected chi connectivity index (χ2v) is 7.06. The molecular weight excluding hydrogens is 368 g/mol. The van der Waals surface area contributed by atoms with E-state index in [1.54, 1.807) is 6.92 Å². The fourth-order valence-corrected chi connectivity index (χ4v) is 3.21. The molecule has 0 bridgehead atoms. The Labute approximate surface area is 156 Å². The highest BCUT2D eigenvalue weighted by Crippen LogP contribution is 2.33. The molecule has 7 N–H and O–H groups in total. The first-order chi connectivity index (χ1) is 12.7. The Kier molecular flexibility index (Phi) is 7.93. The van der Waals surface area contributed by atoms with Gasteiger partial charge in [0.2, 0.25) is 0 Å². The molecule has 0 spiro atoms. The Bertz CT molecular complexity index is 466. The molecule has 0 aromatic carbocycles. The van der Waals surface area contributed by atoms with E-state index in [9.17, 15) is 35.7 Å². The van der Waals surface area contributed by atoms with Crippen LogP contribution in [0.1, 0.15) is 13.8 Å². The lowest BCUT2D eigenvalue weighted by Gasteiger charge is -2.47. The molecular formula is C16H30O11. The van der Waals surface area contributed by atoms with Crippen LogP contribution in [0.25, 0.3) is 0 Å². The lowest BCUT2D eigenvalue weighted by molar-refractivity contribution is -0.351. The zero-order valence-corrected chi connectivity index (χ0v) is 15.3. The van der Waals surface area contributed by atoms with Crippen molar-refractivity contribution in [2.75, 3.05) is 26.4 Å². The Morgan fingerprint density at radius 1 is 0.963 bits per heavy atom. The first-order valence-electron chi connectivity index (χ1n) is 8.88. The van der Waals surface area contributed by atoms with Gasteiger partial charge in [-0.05, 0) is 13.8 Å². The number of aliphatic hydroxyl groups is 7. The second kappa shape index (κ2) is 9.37. The highest BCUT2D eigenvalue weighted by molar-refractivity contribution is 4.98. The molecule has 0 radical (unpaired) electrons. The molecule has 10 atom stereocenters. The van der Waals surface area contributed by atoms with Crippen LogP contribution in [-0.4, -0.2) is 117 Å². The predicted molar refractivity (Wildman–Crippen MR) is 87.2 cm³/mol. The van der Waals surface area contributed by atoms with E-state index in [-0.39, 0.29) is 13.2 Å². The summed E-state index contributed by atoms with van der Waals surface area (Å²) in [7, 11) is 0. The minimum atomic E-state index is -1.70. The first-order valence-corrected chi connectivity index (χ1v) is 8.88. The number of rotatable bonds is 6. The molecule has 2 aliphatic rings. The Balaban J connectivity index is 2.21. The summed E-state index contributed by atoms with van der Waals surface area (Å²) < 4.78 is 21.6. The van der Waals surface area contributed by atoms with Crippen LogP contribution in [-0.2, 0) is 18.9 Å². The Hall–Kier alpha value is -0.440. The van der Waals surface area contributed by atoms with Crippen molar-refractivity contribution in [1.29, 1.82) is 0 Å². The summed E-state index contributed by atoms with van der Waals surface area (Å²) in [6.07, 6.45) is -12.0. The fraction of sp³-hybridized carbons (Fsp3) is 1.00. The van der Waals surface area contributed by atoms with Gasteiger partial charge < -0.3 is 54.7 Å². The zero-order chi connectivity index (χ0) is 20.4. The van der Waals surface area contributed by atoms with E-state index in [0.717, 1.165) is 0 Å². The van der Waals surface area contributed by atoms with Gasteiger partial charge in [0.15, 0.2) is 12.6 Å². The monoisotopic (exact) mass is 398 g/mol. The summed E-state index contributed by atoms with van der Waals surface area (Å²) in [5.74, 6) is -0.805. The molecule has 27 heavy (non-hydrogen) atoms. The lowest BCUT2D eigenvalue weighted by atomic mass is 9.88. The third kappa shape index (κ3) is 4.60. The molecule has 0 aromatic rings. The standard InChI is InChI=1S/C16H30O11/c1-3-24-14-10(21)8(19)12(7(4-17)5-25-14)26-15-11(22)9(20)13(23)16(2,6-18)27-15/h7-15,17-23H,3-6H2,1-2H3/t7?,8?,9?,10?,11?,12-,13-,14-,15-,16?/m1/s1. The topological polar surface area (TPSA) is 179 Å². The van der Waals surface area contributed by atoms with Crippen LogP contribution in [0.3, 0.4) is 0 Å². The number of hydrogen-bond donors (Lipinski definition) is 7. The van der Waals surface area contributed by atoms with Crippen LogP contribution in [0.15, 0.2) is 0 Å². The van der Waals surface area contributed by atoms with Gasteiger partial charge in [-0.3, -0.25) is 0 Å². The zero-order valence-electron chi connectivity index (χ0n) is 15.3. The maximum atomic E-state index is 10.5. The number of aliphatic hydroxyl groups excluding tert-OH is 7. The second-order valence-electron chi connectivity index (χ2n) is 7.06. The van der Waals surface area contributed by atoms with E-state index < -0.39 is 73.9 Å². The largest absolute Gasteiger partial charge is 0.396 e. The molecule has 11 nitrogen and oxygen atoms in total. The summed E-state index contributed by atoms with van der Waals surface area (Å²) in [5.41, 5.74) is -1.63. The molecule has 160 valence electrons. The van der Waals surface area contributed by atoms with Gasteiger partial charge in [0.05, 0.1) is 25.9 Å². The van der Waals surface area contributed by atoms with Crippen molar-refractivity contribution in [1.82, 2.24) is 0 Å². The van der Waals surface area contributed by atoms with E-state index in [2.05, 4.69) is 0 Å². The van der Waals surface area contributed by atoms with Crippen molar-refractivity contribution in [2.24, 2.45) is 5.92 Å². The first kappa shape index (κ1) is 22.8. The average Bonchev–Trinajstić information content (AvgIpc) is 2.77. The average molecular weight is 398 g/mol. The van der Waals surface area contributed by atoms with Crippen molar-refractivity contribution in [3.63, 3.8) is 0 Å². The smallest absolute Gasteiger partial charge is 0.187 e. The highest BCUT2D eigenvalue weighted by Gasteiger charge is 2.53. The van der Waals surface area contributed by atoms with Gasteiger partial charge in [-0.1, -0.05) is 0 Å². The summed E-state index contributed by atoms with van der Waals surface area (Å²) in [4.78, 5) is 0. The molecule has 0 aliphatic carbocycles. The lowest BCUT2D eigenvalue weighted by Crippen LogP contribution is -2.66. The maximum Gasteiger partial charge on any atom is 0.187 e. The molecule has 11 heteroatoms. The van der Waals surface area contributed by atoms with Crippen LogP contribution >= 0.6 is 0 Å². The van der Waals surface area contributed by atoms with Crippen LogP contribution < -0.4 is 0 Å². The SMILES string of the molecule is CCO[C@@H]1OCC(CO)[C@@H](O[C@@H]2OC(C)(CO)[C@H](O)C(O)C2O)C(O)C1O. The van der Waals surface area contributed by atoms with Crippen molar-refractivity contribution >= 4 is 0 Å². The van der Waals surface area contributed by atoms with Crippen LogP contribution in [0.5, 0.6) is 0 Å². The summed E-state index contributed by atoms with van der Waals surface area (Å²) >= 11 is 0. The van der Waals surface area contributed by atoms with E-state index in [4.69, 9.17) is 18.9 Å². The molecule has 2 heterocycles. The van der Waals surface area contributed by atoms with Gasteiger partial charge in [0, 0.05) is 12.5 Å². The van der Waals surface area contributed by atoms with Crippen molar-refractivity contribution in [3.05, 3.63) is 0 Å². The van der Waals surface area contributed by atoms with E-state index >= 15 is 0 Å². The fourth-order valence-electron chi connectivity index (χ4n) is 3.21. The van der Waals surface area contributed by atoms with E-state index in [0.29, 0.717) is 0 Å². The quantitative estimate of drug-likeness (QED) is 0.234. The normalized spacial score (nSPS) is 49.0. The Morgan fingerprint density at radius 3 is 2.15 bits per heavy atom. The van der Waals surface area contributed by atoms with Crippen LogP contribution in [0.4, 0.5) is 0 Å². The molecule has 2 rings (SSSR count). The van der Waals surface area contributed by atoms with E-state index in [1.165, 1.54) is 6.92 Å². The third-order valence-electron chi connectivity index (χ3n) is 5.04. The van der Waals surface area contributed by atoms with Gasteiger partial charge in [0.1, 0.15) is 36.1 Å². The van der Waals surface area contributed by atoms with Gasteiger partial charge in [0.25, 0.3) is 0 Å². The van der Waals surface area contributed by atoms with Crippen molar-refractivity contribution in [2.45, 2.75) is 68.7 Å². The summed E-state index contributed by atoms with van der Waals surface area (Å²) in [6, 6.07) is 0. The molecule has 6 unspecified atom stereocenters. The molecule has 0 aromatic heterocycles. The van der Waals surface area contributed by atoms with Crippen LogP contribution in [0.2, 0.25) is 0 Å². The summed E-state index contributed by atoms with van der Waals surface area (Å²) in [5, 5.41) is 70.1. The Morgan fingerprint density at radius 2 is 1.59 bits per heavy atom. The molecule has 0 saturated carbocycles. The van der Waals surface area contributed by atoms with Gasteiger partial charge in [-0.25, -0.2) is 0 Å².